The van der Waals surface area contributed by atoms with E-state index in [9.17, 15) is 13.2 Å². The number of hydrogen-bond acceptors (Lipinski definition) is 4. The van der Waals surface area contributed by atoms with Crippen molar-refractivity contribution in [2.45, 2.75) is 17.1 Å². The minimum absolute atomic E-state index is 0.0149. The first-order valence-electron chi connectivity index (χ1n) is 8.14. The van der Waals surface area contributed by atoms with Crippen molar-refractivity contribution in [1.82, 2.24) is 9.21 Å². The van der Waals surface area contributed by atoms with Gasteiger partial charge in [0.05, 0.1) is 4.34 Å². The van der Waals surface area contributed by atoms with Gasteiger partial charge in [-0.1, -0.05) is 41.4 Å². The van der Waals surface area contributed by atoms with E-state index in [0.29, 0.717) is 35.3 Å². The molecule has 140 valence electrons. The van der Waals surface area contributed by atoms with Crippen molar-refractivity contribution in [2.75, 3.05) is 26.2 Å². The van der Waals surface area contributed by atoms with Crippen molar-refractivity contribution in [3.63, 3.8) is 0 Å². The first-order valence-corrected chi connectivity index (χ1v) is 11.2. The Labute approximate surface area is 167 Å². The van der Waals surface area contributed by atoms with Crippen molar-refractivity contribution in [3.05, 3.63) is 51.3 Å². The zero-order valence-corrected chi connectivity index (χ0v) is 17.0. The van der Waals surface area contributed by atoms with Gasteiger partial charge in [-0.3, -0.25) is 4.79 Å². The fraction of sp³-hybridized carbons (Fsp3) is 0.353. The second-order valence-corrected chi connectivity index (χ2v) is 10.2. The second kappa shape index (κ2) is 8.27. The highest BCUT2D eigenvalue weighted by Gasteiger charge is 2.30. The number of halogens is 2. The molecule has 1 aliphatic rings. The third-order valence-corrected chi connectivity index (χ3v) is 8.27. The molecule has 2 aromatic rings. The second-order valence-electron chi connectivity index (χ2n) is 5.93. The molecule has 1 amide bonds. The molecular weight excluding hydrogens is 415 g/mol. The van der Waals surface area contributed by atoms with Crippen molar-refractivity contribution >= 4 is 50.5 Å². The van der Waals surface area contributed by atoms with E-state index in [1.165, 1.54) is 10.4 Å². The first-order chi connectivity index (χ1) is 12.4. The third-order valence-electron chi connectivity index (χ3n) is 4.30. The lowest BCUT2D eigenvalue weighted by molar-refractivity contribution is -0.132. The lowest BCUT2D eigenvalue weighted by Gasteiger charge is -2.33. The molecule has 1 fully saturated rings. The highest BCUT2D eigenvalue weighted by molar-refractivity contribution is 7.91. The van der Waals surface area contributed by atoms with Gasteiger partial charge in [0.2, 0.25) is 5.91 Å². The van der Waals surface area contributed by atoms with E-state index in [-0.39, 0.29) is 23.2 Å². The number of hydrogen-bond donors (Lipinski definition) is 0. The molecule has 0 radical (unpaired) electrons. The maximum absolute atomic E-state index is 12.6. The fourth-order valence-electron chi connectivity index (χ4n) is 2.84. The molecule has 5 nitrogen and oxygen atoms in total. The van der Waals surface area contributed by atoms with Crippen molar-refractivity contribution in [1.29, 1.82) is 0 Å². The lowest BCUT2D eigenvalue weighted by Crippen LogP contribution is -2.50. The molecular formula is C17H18Cl2N2O3S2. The number of aryl methyl sites for hydroxylation is 1. The van der Waals surface area contributed by atoms with Crippen LogP contribution < -0.4 is 0 Å². The average Bonchev–Trinajstić information content (AvgIpc) is 3.08. The predicted molar refractivity (Wildman–Crippen MR) is 104 cm³/mol. The Kier molecular flexibility index (Phi) is 6.25. The monoisotopic (exact) mass is 432 g/mol. The Morgan fingerprint density at radius 3 is 2.35 bits per heavy atom. The molecule has 0 unspecified atom stereocenters. The number of amides is 1. The summed E-state index contributed by atoms with van der Waals surface area (Å²) in [7, 11) is -3.54. The van der Waals surface area contributed by atoms with E-state index < -0.39 is 10.0 Å². The molecule has 1 saturated heterocycles. The molecule has 2 heterocycles. The molecule has 3 rings (SSSR count). The zero-order valence-electron chi connectivity index (χ0n) is 13.9. The largest absolute Gasteiger partial charge is 0.340 e. The number of piperazine rings is 1. The number of sulfonamides is 1. The van der Waals surface area contributed by atoms with Gasteiger partial charge >= 0.3 is 0 Å². The standard InChI is InChI=1S/C17H18Cl2N2O3S2/c18-14-4-2-1-3-13(14)5-7-16(22)20-9-11-21(12-10-20)26(23,24)17-8-6-15(19)25-17/h1-4,6,8H,5,7,9-12H2. The topological polar surface area (TPSA) is 57.7 Å². The van der Waals surface area contributed by atoms with Gasteiger partial charge in [-0.25, -0.2) is 8.42 Å². The van der Waals surface area contributed by atoms with E-state index in [2.05, 4.69) is 0 Å². The van der Waals surface area contributed by atoms with E-state index in [1.54, 1.807) is 11.0 Å². The summed E-state index contributed by atoms with van der Waals surface area (Å²) in [5.74, 6) is 0.0149. The summed E-state index contributed by atoms with van der Waals surface area (Å²) in [6, 6.07) is 10.6. The van der Waals surface area contributed by atoms with Crippen molar-refractivity contribution in [2.24, 2.45) is 0 Å². The van der Waals surface area contributed by atoms with E-state index in [0.717, 1.165) is 16.9 Å². The Morgan fingerprint density at radius 1 is 1.04 bits per heavy atom. The molecule has 1 aromatic heterocycles. The quantitative estimate of drug-likeness (QED) is 0.725. The molecule has 1 aliphatic heterocycles. The van der Waals surface area contributed by atoms with Crippen LogP contribution in [0, 0.1) is 0 Å². The molecule has 26 heavy (non-hydrogen) atoms. The van der Waals surface area contributed by atoms with Gasteiger partial charge in [-0.15, -0.1) is 11.3 Å². The molecule has 0 saturated carbocycles. The molecule has 0 N–H and O–H groups in total. The van der Waals surface area contributed by atoms with Crippen LogP contribution in [-0.4, -0.2) is 49.7 Å². The summed E-state index contributed by atoms with van der Waals surface area (Å²) in [4.78, 5) is 14.1. The van der Waals surface area contributed by atoms with E-state index in [1.807, 2.05) is 24.3 Å². The maximum atomic E-state index is 12.6. The van der Waals surface area contributed by atoms with E-state index in [4.69, 9.17) is 23.2 Å². The predicted octanol–water partition coefficient (Wildman–Crippen LogP) is 3.52. The SMILES string of the molecule is O=C(CCc1ccccc1Cl)N1CCN(S(=O)(=O)c2ccc(Cl)s2)CC1. The number of carbonyl (C=O) groups excluding carboxylic acids is 1. The lowest BCUT2D eigenvalue weighted by atomic mass is 10.1. The summed E-state index contributed by atoms with van der Waals surface area (Å²) in [5, 5.41) is 0.658. The number of benzene rings is 1. The van der Waals surface area contributed by atoms with Gasteiger partial charge in [-0.05, 0) is 30.2 Å². The van der Waals surface area contributed by atoms with Gasteiger partial charge in [0.25, 0.3) is 10.0 Å². The highest BCUT2D eigenvalue weighted by Crippen LogP contribution is 2.28. The Bertz CT molecular complexity index is 891. The molecule has 1 aromatic carbocycles. The number of thiophene rings is 1. The van der Waals surface area contributed by atoms with Gasteiger partial charge in [0, 0.05) is 37.6 Å². The number of rotatable bonds is 5. The van der Waals surface area contributed by atoms with Crippen LogP contribution in [-0.2, 0) is 21.2 Å². The molecule has 0 spiro atoms. The van der Waals surface area contributed by atoms with Crippen LogP contribution >= 0.6 is 34.5 Å². The third kappa shape index (κ3) is 4.40. The molecule has 0 atom stereocenters. The van der Waals surface area contributed by atoms with Gasteiger partial charge in [-0.2, -0.15) is 4.31 Å². The van der Waals surface area contributed by atoms with Crippen LogP contribution in [0.2, 0.25) is 9.36 Å². The number of carbonyl (C=O) groups is 1. The van der Waals surface area contributed by atoms with Crippen LogP contribution in [0.15, 0.2) is 40.6 Å². The smallest absolute Gasteiger partial charge is 0.252 e. The Morgan fingerprint density at radius 2 is 1.73 bits per heavy atom. The van der Waals surface area contributed by atoms with Crippen molar-refractivity contribution < 1.29 is 13.2 Å². The molecule has 9 heteroatoms. The van der Waals surface area contributed by atoms with Crippen LogP contribution in [0.5, 0.6) is 0 Å². The summed E-state index contributed by atoms with van der Waals surface area (Å²) < 4.78 is 27.3. The average molecular weight is 433 g/mol. The summed E-state index contributed by atoms with van der Waals surface area (Å²) >= 11 is 13.0. The van der Waals surface area contributed by atoms with Crippen molar-refractivity contribution in [3.8, 4) is 0 Å². The highest BCUT2D eigenvalue weighted by atomic mass is 35.5. The fourth-order valence-corrected chi connectivity index (χ4v) is 6.13. The maximum Gasteiger partial charge on any atom is 0.252 e. The van der Waals surface area contributed by atoms with Crippen LogP contribution in [0.3, 0.4) is 0 Å². The number of nitrogens with zero attached hydrogens (tertiary/aromatic N) is 2. The van der Waals surface area contributed by atoms with Crippen LogP contribution in [0.25, 0.3) is 0 Å². The van der Waals surface area contributed by atoms with E-state index >= 15 is 0 Å². The summed E-state index contributed by atoms with van der Waals surface area (Å²) in [5.41, 5.74) is 0.943. The molecule has 0 aliphatic carbocycles. The summed E-state index contributed by atoms with van der Waals surface area (Å²) in [6.45, 7) is 1.35. The van der Waals surface area contributed by atoms with Gasteiger partial charge in [0.1, 0.15) is 4.21 Å². The Balaban J connectivity index is 1.55. The first kappa shape index (κ1) is 19.6. The van der Waals surface area contributed by atoms with Gasteiger partial charge < -0.3 is 4.90 Å². The van der Waals surface area contributed by atoms with Gasteiger partial charge in [0.15, 0.2) is 0 Å². The zero-order chi connectivity index (χ0) is 18.7. The van der Waals surface area contributed by atoms with Crippen LogP contribution in [0.4, 0.5) is 0 Å². The summed E-state index contributed by atoms with van der Waals surface area (Å²) in [6.07, 6.45) is 0.932. The normalized spacial score (nSPS) is 16.0. The Hall–Kier alpha value is -1.12. The minimum atomic E-state index is -3.54. The molecule has 0 bridgehead atoms. The minimum Gasteiger partial charge on any atom is -0.340 e. The van der Waals surface area contributed by atoms with Crippen LogP contribution in [0.1, 0.15) is 12.0 Å².